The number of hydrogen-bond acceptors (Lipinski definition) is 2. The van der Waals surface area contributed by atoms with Gasteiger partial charge in [-0.2, -0.15) is 0 Å². The Balaban J connectivity index is 1.38. The van der Waals surface area contributed by atoms with E-state index in [0.717, 1.165) is 18.8 Å². The molecule has 0 radical (unpaired) electrons. The molecule has 29 heavy (non-hydrogen) atoms. The van der Waals surface area contributed by atoms with Gasteiger partial charge in [0.05, 0.1) is 5.70 Å². The summed E-state index contributed by atoms with van der Waals surface area (Å²) in [5, 5.41) is 0. The van der Waals surface area contributed by atoms with Gasteiger partial charge in [-0.3, -0.25) is 0 Å². The van der Waals surface area contributed by atoms with E-state index in [1.165, 1.54) is 78.6 Å². The van der Waals surface area contributed by atoms with Crippen molar-refractivity contribution in [1.29, 1.82) is 0 Å². The number of nitrogens with one attached hydrogen (secondary N) is 2. The van der Waals surface area contributed by atoms with Crippen LogP contribution in [0.25, 0.3) is 0 Å². The summed E-state index contributed by atoms with van der Waals surface area (Å²) >= 11 is 0. The Morgan fingerprint density at radius 2 is 1.59 bits per heavy atom. The van der Waals surface area contributed by atoms with Crippen molar-refractivity contribution < 1.29 is 0 Å². The number of benzene rings is 1. The third-order valence-electron chi connectivity index (χ3n) is 7.41. The molecule has 2 aliphatic carbocycles. The molecule has 2 heteroatoms. The van der Waals surface area contributed by atoms with Gasteiger partial charge in [-0.15, -0.1) is 0 Å². The average molecular weight is 391 g/mol. The van der Waals surface area contributed by atoms with Crippen LogP contribution in [0.3, 0.4) is 0 Å². The second-order valence-corrected chi connectivity index (χ2v) is 10.4. The highest BCUT2D eigenvalue weighted by molar-refractivity contribution is 5.47. The summed E-state index contributed by atoms with van der Waals surface area (Å²) in [5.41, 5.74) is 15.3. The van der Waals surface area contributed by atoms with Crippen LogP contribution in [0, 0.1) is 17.3 Å². The van der Waals surface area contributed by atoms with E-state index in [1.807, 2.05) is 0 Å². The third-order valence-corrected chi connectivity index (χ3v) is 7.41. The van der Waals surface area contributed by atoms with Gasteiger partial charge in [0.2, 0.25) is 0 Å². The second-order valence-electron chi connectivity index (χ2n) is 10.4. The Bertz CT molecular complexity index is 797. The molecule has 0 saturated heterocycles. The Morgan fingerprint density at radius 1 is 0.966 bits per heavy atom. The molecular formula is C27H38N2. The van der Waals surface area contributed by atoms with Crippen LogP contribution in [0.4, 0.5) is 0 Å². The zero-order valence-electron chi connectivity index (χ0n) is 18.6. The van der Waals surface area contributed by atoms with Crippen molar-refractivity contribution >= 4 is 0 Å². The first-order valence-electron chi connectivity index (χ1n) is 11.6. The largest absolute Gasteiger partial charge is 0.305 e. The van der Waals surface area contributed by atoms with Crippen LogP contribution in [0.5, 0.6) is 0 Å². The normalized spacial score (nSPS) is 24.9. The Hall–Kier alpha value is -1.96. The highest BCUT2D eigenvalue weighted by Gasteiger charge is 2.30. The zero-order valence-corrected chi connectivity index (χ0v) is 18.6. The summed E-state index contributed by atoms with van der Waals surface area (Å²) in [7, 11) is 0. The van der Waals surface area contributed by atoms with Crippen LogP contribution >= 0.6 is 0 Å². The van der Waals surface area contributed by atoms with E-state index in [4.69, 9.17) is 0 Å². The maximum Gasteiger partial charge on any atom is 0.0559 e. The lowest BCUT2D eigenvalue weighted by molar-refractivity contribution is 0.236. The topological polar surface area (TPSA) is 24.1 Å². The molecule has 1 unspecified atom stereocenters. The van der Waals surface area contributed by atoms with Crippen molar-refractivity contribution in [3.05, 3.63) is 70.6 Å². The van der Waals surface area contributed by atoms with Gasteiger partial charge in [-0.05, 0) is 61.5 Å². The van der Waals surface area contributed by atoms with E-state index < -0.39 is 0 Å². The van der Waals surface area contributed by atoms with Crippen molar-refractivity contribution in [1.82, 2.24) is 10.9 Å². The average Bonchev–Trinajstić information content (AvgIpc) is 3.05. The second kappa shape index (κ2) is 8.42. The molecule has 1 atom stereocenters. The molecule has 0 spiro atoms. The molecule has 2 nitrogen and oxygen atoms in total. The SMILES string of the molecule is C=C1CC=C2NNC(C)=C2C1Cc1ccc(CC2CCCC(C)(C)CCC2)cc1. The van der Waals surface area contributed by atoms with Gasteiger partial charge >= 0.3 is 0 Å². The number of hydrazine groups is 1. The molecule has 1 aromatic carbocycles. The molecule has 3 aliphatic rings. The summed E-state index contributed by atoms with van der Waals surface area (Å²) in [6.45, 7) is 11.4. The summed E-state index contributed by atoms with van der Waals surface area (Å²) in [6.07, 6.45) is 13.9. The minimum Gasteiger partial charge on any atom is -0.305 e. The highest BCUT2D eigenvalue weighted by atomic mass is 15.4. The molecule has 2 N–H and O–H groups in total. The third kappa shape index (κ3) is 4.79. The van der Waals surface area contributed by atoms with E-state index in [1.54, 1.807) is 0 Å². The summed E-state index contributed by atoms with van der Waals surface area (Å²) in [5.74, 6) is 1.28. The first-order chi connectivity index (χ1) is 13.9. The first-order valence-corrected chi connectivity index (χ1v) is 11.6. The molecule has 1 saturated carbocycles. The molecule has 0 aromatic heterocycles. The van der Waals surface area contributed by atoms with Crippen LogP contribution in [-0.4, -0.2) is 0 Å². The number of fused-ring (bicyclic) bond motifs is 1. The Labute approximate surface area is 177 Å². The summed E-state index contributed by atoms with van der Waals surface area (Å²) in [6, 6.07) is 9.48. The molecule has 4 rings (SSSR count). The quantitative estimate of drug-likeness (QED) is 0.565. The van der Waals surface area contributed by atoms with Crippen LogP contribution in [0.1, 0.15) is 76.8 Å². The maximum absolute atomic E-state index is 4.37. The minimum absolute atomic E-state index is 0.414. The van der Waals surface area contributed by atoms with Gasteiger partial charge < -0.3 is 10.9 Å². The van der Waals surface area contributed by atoms with Crippen molar-refractivity contribution in [3.8, 4) is 0 Å². The molecular weight excluding hydrogens is 352 g/mol. The first kappa shape index (κ1) is 20.3. The minimum atomic E-state index is 0.414. The van der Waals surface area contributed by atoms with Gasteiger partial charge in [0.25, 0.3) is 0 Å². The molecule has 1 aliphatic heterocycles. The standard InChI is InChI=1S/C27H38N2/c1-19-9-14-25-26(20(2)28-29-25)24(19)18-23-12-10-22(11-13-23)17-21-7-5-15-27(3,4)16-6-8-21/h10-14,21,24,28-29H,1,5-9,15-18H2,2-4H3. The lowest BCUT2D eigenvalue weighted by atomic mass is 9.76. The van der Waals surface area contributed by atoms with Crippen molar-refractivity contribution in [2.75, 3.05) is 0 Å². The Kier molecular flexibility index (Phi) is 5.90. The van der Waals surface area contributed by atoms with Gasteiger partial charge in [0, 0.05) is 17.2 Å². The van der Waals surface area contributed by atoms with Gasteiger partial charge in [-0.25, -0.2) is 0 Å². The fourth-order valence-electron chi connectivity index (χ4n) is 5.53. The smallest absolute Gasteiger partial charge is 0.0559 e. The van der Waals surface area contributed by atoms with Crippen LogP contribution in [0.15, 0.2) is 59.5 Å². The molecule has 156 valence electrons. The maximum atomic E-state index is 4.37. The van der Waals surface area contributed by atoms with Crippen molar-refractivity contribution in [2.24, 2.45) is 17.3 Å². The molecule has 1 aromatic rings. The fraction of sp³-hybridized carbons (Fsp3) is 0.556. The number of rotatable bonds is 4. The van der Waals surface area contributed by atoms with Gasteiger partial charge in [-0.1, -0.05) is 82.0 Å². The van der Waals surface area contributed by atoms with E-state index in [0.29, 0.717) is 11.3 Å². The predicted octanol–water partition coefficient (Wildman–Crippen LogP) is 6.61. The fourth-order valence-corrected chi connectivity index (χ4v) is 5.53. The molecule has 1 fully saturated rings. The Morgan fingerprint density at radius 3 is 2.24 bits per heavy atom. The van der Waals surface area contributed by atoms with Gasteiger partial charge in [0.15, 0.2) is 0 Å². The van der Waals surface area contributed by atoms with Crippen LogP contribution in [-0.2, 0) is 12.8 Å². The van der Waals surface area contributed by atoms with Crippen molar-refractivity contribution in [2.45, 2.75) is 78.6 Å². The van der Waals surface area contributed by atoms with E-state index >= 15 is 0 Å². The van der Waals surface area contributed by atoms with Crippen LogP contribution < -0.4 is 10.9 Å². The predicted molar refractivity (Wildman–Crippen MR) is 123 cm³/mol. The zero-order chi connectivity index (χ0) is 20.4. The number of hydrogen-bond donors (Lipinski definition) is 2. The molecule has 0 amide bonds. The lowest BCUT2D eigenvalue weighted by Crippen LogP contribution is -2.23. The summed E-state index contributed by atoms with van der Waals surface area (Å²) < 4.78 is 0. The van der Waals surface area contributed by atoms with E-state index in [2.05, 4.69) is 68.5 Å². The van der Waals surface area contributed by atoms with E-state index in [9.17, 15) is 0 Å². The van der Waals surface area contributed by atoms with Crippen LogP contribution in [0.2, 0.25) is 0 Å². The monoisotopic (exact) mass is 390 g/mol. The number of allylic oxidation sites excluding steroid dienone is 4. The van der Waals surface area contributed by atoms with Gasteiger partial charge in [0.1, 0.15) is 0 Å². The van der Waals surface area contributed by atoms with Crippen molar-refractivity contribution in [3.63, 3.8) is 0 Å². The molecule has 0 bridgehead atoms. The molecule has 1 heterocycles. The highest BCUT2D eigenvalue weighted by Crippen LogP contribution is 2.38. The van der Waals surface area contributed by atoms with E-state index in [-0.39, 0.29) is 0 Å². The lowest BCUT2D eigenvalue weighted by Gasteiger charge is -2.30. The summed E-state index contributed by atoms with van der Waals surface area (Å²) in [4.78, 5) is 0.